The van der Waals surface area contributed by atoms with Crippen LogP contribution in [-0.4, -0.2) is 25.2 Å². The highest BCUT2D eigenvalue weighted by Gasteiger charge is 2.22. The molecule has 0 aliphatic carbocycles. The predicted octanol–water partition coefficient (Wildman–Crippen LogP) is 5.74. The van der Waals surface area contributed by atoms with Gasteiger partial charge in [0.05, 0.1) is 13.2 Å². The summed E-state index contributed by atoms with van der Waals surface area (Å²) in [5, 5.41) is 0. The van der Waals surface area contributed by atoms with Crippen LogP contribution in [0.2, 0.25) is 0 Å². The van der Waals surface area contributed by atoms with Crippen LogP contribution in [0.1, 0.15) is 98.3 Å². The second-order valence-electron chi connectivity index (χ2n) is 6.37. The lowest BCUT2D eigenvalue weighted by Gasteiger charge is -2.13. The highest BCUT2D eigenvalue weighted by molar-refractivity contribution is 6.00. The molecule has 0 aromatic heterocycles. The van der Waals surface area contributed by atoms with Crippen molar-refractivity contribution in [3.8, 4) is 0 Å². The van der Waals surface area contributed by atoms with Gasteiger partial charge in [0.15, 0.2) is 0 Å². The van der Waals surface area contributed by atoms with Crippen LogP contribution >= 0.6 is 0 Å². The van der Waals surface area contributed by atoms with Crippen molar-refractivity contribution in [1.29, 1.82) is 0 Å². The Kier molecular flexibility index (Phi) is 15.3. The monoisotopic (exact) mass is 354 g/mol. The lowest BCUT2D eigenvalue weighted by atomic mass is 9.97. The van der Waals surface area contributed by atoms with E-state index in [1.165, 1.54) is 38.5 Å². The van der Waals surface area contributed by atoms with Crippen LogP contribution in [-0.2, 0) is 19.1 Å². The number of rotatable bonds is 15. The van der Waals surface area contributed by atoms with E-state index >= 15 is 0 Å². The van der Waals surface area contributed by atoms with Crippen molar-refractivity contribution in [2.75, 3.05) is 13.2 Å². The van der Waals surface area contributed by atoms with E-state index in [1.54, 1.807) is 13.8 Å². The molecule has 0 unspecified atom stereocenters. The average molecular weight is 355 g/mol. The fourth-order valence-corrected chi connectivity index (χ4v) is 2.87. The van der Waals surface area contributed by atoms with Gasteiger partial charge >= 0.3 is 11.9 Å². The molecule has 0 spiro atoms. The van der Waals surface area contributed by atoms with Gasteiger partial charge < -0.3 is 9.47 Å². The number of esters is 2. The normalized spacial score (nSPS) is 11.8. The van der Waals surface area contributed by atoms with Crippen molar-refractivity contribution in [2.45, 2.75) is 98.3 Å². The van der Waals surface area contributed by atoms with Gasteiger partial charge in [0, 0.05) is 11.1 Å². The summed E-state index contributed by atoms with van der Waals surface area (Å²) >= 11 is 0. The molecule has 0 aliphatic heterocycles. The van der Waals surface area contributed by atoms with E-state index < -0.39 is 0 Å². The third kappa shape index (κ3) is 11.0. The number of unbranched alkanes of at least 4 members (excludes halogenated alkanes) is 7. The summed E-state index contributed by atoms with van der Waals surface area (Å²) in [6.45, 7) is 8.43. The standard InChI is InChI=1S/C21H38O4/c1-5-9-10-11-12-13-14-15-17-19(21(23)25-8-4)18(16-6-2)20(22)24-7-3/h5-17H2,1-4H3. The highest BCUT2D eigenvalue weighted by atomic mass is 16.5. The quantitative estimate of drug-likeness (QED) is 0.214. The SMILES string of the molecule is CCCCCCCCCCC(C(=O)OCC)=C(CCC)C(=O)OCC. The van der Waals surface area contributed by atoms with Gasteiger partial charge in [0.2, 0.25) is 0 Å². The first kappa shape index (κ1) is 23.7. The van der Waals surface area contributed by atoms with Crippen LogP contribution in [0, 0.1) is 0 Å². The molecule has 0 aromatic rings. The summed E-state index contributed by atoms with van der Waals surface area (Å²) in [5.74, 6) is -0.728. The third-order valence-electron chi connectivity index (χ3n) is 4.19. The second-order valence-corrected chi connectivity index (χ2v) is 6.37. The molecular formula is C21H38O4. The molecule has 4 heteroatoms. The summed E-state index contributed by atoms with van der Waals surface area (Å²) in [4.78, 5) is 24.5. The van der Waals surface area contributed by atoms with Crippen LogP contribution in [0.3, 0.4) is 0 Å². The van der Waals surface area contributed by atoms with Gasteiger partial charge in [-0.2, -0.15) is 0 Å². The number of hydrogen-bond acceptors (Lipinski definition) is 4. The zero-order valence-corrected chi connectivity index (χ0v) is 16.8. The van der Waals surface area contributed by atoms with E-state index in [1.807, 2.05) is 6.92 Å². The van der Waals surface area contributed by atoms with Gasteiger partial charge in [-0.05, 0) is 33.1 Å². The third-order valence-corrected chi connectivity index (χ3v) is 4.19. The zero-order valence-electron chi connectivity index (χ0n) is 16.8. The summed E-state index contributed by atoms with van der Waals surface area (Å²) in [7, 11) is 0. The van der Waals surface area contributed by atoms with Gasteiger partial charge in [-0.1, -0.05) is 65.2 Å². The van der Waals surface area contributed by atoms with Crippen molar-refractivity contribution < 1.29 is 19.1 Å². The van der Waals surface area contributed by atoms with E-state index in [-0.39, 0.29) is 11.9 Å². The summed E-state index contributed by atoms with van der Waals surface area (Å²) in [6.07, 6.45) is 11.6. The topological polar surface area (TPSA) is 52.6 Å². The molecule has 0 bridgehead atoms. The Morgan fingerprint density at radius 3 is 1.44 bits per heavy atom. The minimum absolute atomic E-state index is 0.319. The Hall–Kier alpha value is -1.32. The van der Waals surface area contributed by atoms with Gasteiger partial charge in [-0.15, -0.1) is 0 Å². The van der Waals surface area contributed by atoms with Crippen LogP contribution in [0.15, 0.2) is 11.1 Å². The maximum atomic E-state index is 12.3. The number of carbonyl (C=O) groups excluding carboxylic acids is 2. The van der Waals surface area contributed by atoms with Crippen LogP contribution < -0.4 is 0 Å². The first-order valence-electron chi connectivity index (χ1n) is 10.2. The molecule has 25 heavy (non-hydrogen) atoms. The highest BCUT2D eigenvalue weighted by Crippen LogP contribution is 2.21. The molecule has 0 radical (unpaired) electrons. The first-order valence-corrected chi connectivity index (χ1v) is 10.2. The lowest BCUT2D eigenvalue weighted by Crippen LogP contribution is -2.17. The largest absolute Gasteiger partial charge is 0.463 e. The van der Waals surface area contributed by atoms with E-state index in [0.29, 0.717) is 37.2 Å². The van der Waals surface area contributed by atoms with Crippen LogP contribution in [0.4, 0.5) is 0 Å². The lowest BCUT2D eigenvalue weighted by molar-refractivity contribution is -0.142. The molecule has 0 rings (SSSR count). The van der Waals surface area contributed by atoms with Gasteiger partial charge in [-0.3, -0.25) is 0 Å². The Labute approximate surface area is 154 Å². The zero-order chi connectivity index (χ0) is 18.9. The number of carbonyl (C=O) groups is 2. The Balaban J connectivity index is 4.71. The molecule has 0 amide bonds. The molecular weight excluding hydrogens is 316 g/mol. The van der Waals surface area contributed by atoms with Gasteiger partial charge in [0.1, 0.15) is 0 Å². The number of hydrogen-bond donors (Lipinski definition) is 0. The molecule has 0 heterocycles. The Morgan fingerprint density at radius 1 is 0.560 bits per heavy atom. The minimum Gasteiger partial charge on any atom is -0.463 e. The molecule has 146 valence electrons. The molecule has 0 saturated heterocycles. The Bertz CT molecular complexity index is 399. The second kappa shape index (κ2) is 16.2. The van der Waals surface area contributed by atoms with E-state index in [9.17, 15) is 9.59 Å². The summed E-state index contributed by atoms with van der Waals surface area (Å²) < 4.78 is 10.3. The molecule has 0 atom stereocenters. The maximum absolute atomic E-state index is 12.3. The Morgan fingerprint density at radius 2 is 1.00 bits per heavy atom. The van der Waals surface area contributed by atoms with Crippen LogP contribution in [0.25, 0.3) is 0 Å². The van der Waals surface area contributed by atoms with Crippen LogP contribution in [0.5, 0.6) is 0 Å². The fraction of sp³-hybridized carbons (Fsp3) is 0.810. The number of ether oxygens (including phenoxy) is 2. The van der Waals surface area contributed by atoms with Gasteiger partial charge in [-0.25, -0.2) is 9.59 Å². The van der Waals surface area contributed by atoms with Crippen molar-refractivity contribution >= 4 is 11.9 Å². The predicted molar refractivity (Wildman–Crippen MR) is 102 cm³/mol. The molecule has 0 N–H and O–H groups in total. The average Bonchev–Trinajstić information content (AvgIpc) is 2.59. The first-order chi connectivity index (χ1) is 12.1. The van der Waals surface area contributed by atoms with E-state index in [4.69, 9.17) is 9.47 Å². The van der Waals surface area contributed by atoms with Gasteiger partial charge in [0.25, 0.3) is 0 Å². The molecule has 0 saturated carbocycles. The smallest absolute Gasteiger partial charge is 0.334 e. The minimum atomic E-state index is -0.369. The van der Waals surface area contributed by atoms with E-state index in [0.717, 1.165) is 19.3 Å². The van der Waals surface area contributed by atoms with Crippen molar-refractivity contribution in [3.05, 3.63) is 11.1 Å². The summed E-state index contributed by atoms with van der Waals surface area (Å²) in [5.41, 5.74) is 1.03. The molecule has 0 aromatic carbocycles. The maximum Gasteiger partial charge on any atom is 0.334 e. The summed E-state index contributed by atoms with van der Waals surface area (Å²) in [6, 6.07) is 0. The van der Waals surface area contributed by atoms with Crippen molar-refractivity contribution in [2.24, 2.45) is 0 Å². The molecule has 4 nitrogen and oxygen atoms in total. The molecule has 0 aliphatic rings. The van der Waals surface area contributed by atoms with Crippen molar-refractivity contribution in [3.63, 3.8) is 0 Å². The van der Waals surface area contributed by atoms with Crippen molar-refractivity contribution in [1.82, 2.24) is 0 Å². The van der Waals surface area contributed by atoms with E-state index in [2.05, 4.69) is 6.92 Å². The molecule has 0 fully saturated rings. The fourth-order valence-electron chi connectivity index (χ4n) is 2.87.